The monoisotopic (exact) mass is 448 g/mol. The summed E-state index contributed by atoms with van der Waals surface area (Å²) in [6.45, 7) is 3.34. The molecule has 0 aliphatic carbocycles. The van der Waals surface area contributed by atoms with Crippen molar-refractivity contribution < 1.29 is 19.4 Å². The van der Waals surface area contributed by atoms with Crippen LogP contribution < -0.4 is 9.47 Å². The van der Waals surface area contributed by atoms with Crippen LogP contribution >= 0.6 is 0 Å². The Morgan fingerprint density at radius 3 is 2.55 bits per heavy atom. The van der Waals surface area contributed by atoms with Crippen LogP contribution in [0.4, 0.5) is 0 Å². The minimum absolute atomic E-state index is 0.113. The molecule has 2 aromatic carbocycles. The summed E-state index contributed by atoms with van der Waals surface area (Å²) in [6, 6.07) is 13.2. The fourth-order valence-electron chi connectivity index (χ4n) is 4.54. The number of ether oxygens (including phenoxy) is 2. The molecule has 0 saturated carbocycles. The number of carbonyl (C=O) groups is 1. The van der Waals surface area contributed by atoms with Gasteiger partial charge >= 0.3 is 0 Å². The summed E-state index contributed by atoms with van der Waals surface area (Å²) in [4.78, 5) is 15.1. The van der Waals surface area contributed by atoms with Crippen molar-refractivity contribution in [2.75, 3.05) is 33.9 Å². The molecule has 174 valence electrons. The molecule has 6 nitrogen and oxygen atoms in total. The third kappa shape index (κ3) is 5.46. The predicted octanol–water partition coefficient (Wildman–Crippen LogP) is 4.40. The smallest absolute Gasteiger partial charge is 0.185 e. The quantitative estimate of drug-likeness (QED) is 0.388. The zero-order valence-corrected chi connectivity index (χ0v) is 19.4. The van der Waals surface area contributed by atoms with Crippen molar-refractivity contribution in [2.24, 2.45) is 0 Å². The molecule has 1 aromatic heterocycles. The first-order valence-electron chi connectivity index (χ1n) is 11.5. The van der Waals surface area contributed by atoms with Gasteiger partial charge in [0.1, 0.15) is 0 Å². The van der Waals surface area contributed by atoms with Crippen LogP contribution in [0.1, 0.15) is 35.2 Å². The molecule has 1 saturated heterocycles. The largest absolute Gasteiger partial charge is 0.493 e. The van der Waals surface area contributed by atoms with E-state index in [4.69, 9.17) is 9.47 Å². The minimum Gasteiger partial charge on any atom is -0.493 e. The van der Waals surface area contributed by atoms with E-state index in [2.05, 4.69) is 15.5 Å². The first-order valence-corrected chi connectivity index (χ1v) is 11.5. The highest BCUT2D eigenvalue weighted by Crippen LogP contribution is 2.28. The first kappa shape index (κ1) is 23.1. The summed E-state index contributed by atoms with van der Waals surface area (Å²) in [6.07, 6.45) is 8.70. The van der Waals surface area contributed by atoms with Gasteiger partial charge in [0.2, 0.25) is 0 Å². The summed E-state index contributed by atoms with van der Waals surface area (Å²) >= 11 is 0. The van der Waals surface area contributed by atoms with Crippen LogP contribution in [-0.2, 0) is 6.54 Å². The topological polar surface area (TPSA) is 63.9 Å². The lowest BCUT2D eigenvalue weighted by atomic mass is 10.1. The molecule has 2 heterocycles. The normalized spacial score (nSPS) is 15.7. The van der Waals surface area contributed by atoms with Crippen molar-refractivity contribution in [1.82, 2.24) is 9.47 Å². The number of hydrogen-bond acceptors (Lipinski definition) is 5. The molecule has 4 rings (SSSR count). The number of aromatic nitrogens is 1. The van der Waals surface area contributed by atoms with Gasteiger partial charge in [-0.3, -0.25) is 4.79 Å². The Labute approximate surface area is 195 Å². The number of carbonyl (C=O) groups excluding carboxylic acids is 1. The number of likely N-dealkylation sites (tertiary alicyclic amines) is 1. The maximum absolute atomic E-state index is 12.8. The number of β-amino-alcohol motifs (C(OH)–C–C–N with tert-alkyl or cyclic N) is 1. The fourth-order valence-corrected chi connectivity index (χ4v) is 4.54. The molecule has 0 spiro atoms. The van der Waals surface area contributed by atoms with E-state index in [9.17, 15) is 9.90 Å². The van der Waals surface area contributed by atoms with Gasteiger partial charge in [0.15, 0.2) is 17.3 Å². The molecule has 0 radical (unpaired) electrons. The number of allylic oxidation sites excluding steroid dienone is 1. The number of ketones is 1. The maximum atomic E-state index is 12.8. The zero-order valence-electron chi connectivity index (χ0n) is 19.4. The van der Waals surface area contributed by atoms with E-state index in [1.807, 2.05) is 30.5 Å². The van der Waals surface area contributed by atoms with Crippen LogP contribution in [0.2, 0.25) is 0 Å². The molecule has 1 fully saturated rings. The molecule has 1 N–H and O–H groups in total. The Morgan fingerprint density at radius 2 is 1.79 bits per heavy atom. The van der Waals surface area contributed by atoms with Gasteiger partial charge in [0.25, 0.3) is 0 Å². The van der Waals surface area contributed by atoms with Gasteiger partial charge in [-0.25, -0.2) is 0 Å². The predicted molar refractivity (Wildman–Crippen MR) is 131 cm³/mol. The molecule has 1 atom stereocenters. The number of aliphatic hydroxyl groups excluding tert-OH is 1. The van der Waals surface area contributed by atoms with E-state index in [0.29, 0.717) is 30.2 Å². The average Bonchev–Trinajstić information content (AvgIpc) is 3.19. The van der Waals surface area contributed by atoms with Crippen molar-refractivity contribution in [3.05, 3.63) is 65.9 Å². The van der Waals surface area contributed by atoms with Crippen LogP contribution in [0.3, 0.4) is 0 Å². The number of hydrogen-bond donors (Lipinski definition) is 1. The number of benzene rings is 2. The molecule has 3 aromatic rings. The van der Waals surface area contributed by atoms with Crippen molar-refractivity contribution >= 4 is 22.8 Å². The number of nitrogens with zero attached hydrogens (tertiary/aromatic N) is 2. The summed E-state index contributed by atoms with van der Waals surface area (Å²) in [7, 11) is 3.12. The SMILES string of the molecule is COc1ccc(C(=O)/C=C/c2cn(CC(O)CN3CCCCC3)c3ccccc23)cc1OC. The van der Waals surface area contributed by atoms with Crippen LogP contribution in [0.25, 0.3) is 17.0 Å². The van der Waals surface area contributed by atoms with Crippen LogP contribution in [0.15, 0.2) is 54.7 Å². The fraction of sp³-hybridized carbons (Fsp3) is 0.370. The second-order valence-corrected chi connectivity index (χ2v) is 8.54. The van der Waals surface area contributed by atoms with Gasteiger partial charge in [-0.1, -0.05) is 24.6 Å². The lowest BCUT2D eigenvalue weighted by Gasteiger charge is -2.28. The van der Waals surface area contributed by atoms with E-state index in [-0.39, 0.29) is 5.78 Å². The molecule has 1 aliphatic rings. The van der Waals surface area contributed by atoms with E-state index in [0.717, 1.165) is 29.6 Å². The van der Waals surface area contributed by atoms with Crippen molar-refractivity contribution in [3.8, 4) is 11.5 Å². The van der Waals surface area contributed by atoms with Crippen molar-refractivity contribution in [2.45, 2.75) is 31.9 Å². The summed E-state index contributed by atoms with van der Waals surface area (Å²) in [5.74, 6) is 0.998. The Kier molecular flexibility index (Phi) is 7.47. The highest BCUT2D eigenvalue weighted by molar-refractivity contribution is 6.08. The molecule has 33 heavy (non-hydrogen) atoms. The summed E-state index contributed by atoms with van der Waals surface area (Å²) < 4.78 is 12.6. The Morgan fingerprint density at radius 1 is 1.03 bits per heavy atom. The van der Waals surface area contributed by atoms with Gasteiger partial charge < -0.3 is 24.0 Å². The summed E-state index contributed by atoms with van der Waals surface area (Å²) in [5.41, 5.74) is 2.53. The van der Waals surface area contributed by atoms with Gasteiger partial charge in [-0.15, -0.1) is 0 Å². The number of fused-ring (bicyclic) bond motifs is 1. The number of aliphatic hydroxyl groups is 1. The van der Waals surface area contributed by atoms with Crippen molar-refractivity contribution in [3.63, 3.8) is 0 Å². The van der Waals surface area contributed by atoms with E-state index < -0.39 is 6.10 Å². The van der Waals surface area contributed by atoms with Crippen LogP contribution in [0, 0.1) is 0 Å². The van der Waals surface area contributed by atoms with Gasteiger partial charge in [-0.05, 0) is 62.3 Å². The lowest BCUT2D eigenvalue weighted by molar-refractivity contribution is 0.0892. The second kappa shape index (κ2) is 10.7. The molecule has 0 bridgehead atoms. The van der Waals surface area contributed by atoms with E-state index in [1.165, 1.54) is 19.3 Å². The van der Waals surface area contributed by atoms with Gasteiger partial charge in [0.05, 0.1) is 20.3 Å². The van der Waals surface area contributed by atoms with Crippen molar-refractivity contribution in [1.29, 1.82) is 0 Å². The van der Waals surface area contributed by atoms with Gasteiger partial charge in [0, 0.05) is 41.3 Å². The van der Waals surface area contributed by atoms with Gasteiger partial charge in [-0.2, -0.15) is 0 Å². The minimum atomic E-state index is -0.441. The van der Waals surface area contributed by atoms with Crippen LogP contribution in [0.5, 0.6) is 11.5 Å². The molecule has 1 aliphatic heterocycles. The second-order valence-electron chi connectivity index (χ2n) is 8.54. The third-order valence-electron chi connectivity index (χ3n) is 6.23. The zero-order chi connectivity index (χ0) is 23.2. The highest BCUT2D eigenvalue weighted by Gasteiger charge is 2.16. The molecular weight excluding hydrogens is 416 g/mol. The Bertz CT molecular complexity index is 1130. The first-order chi connectivity index (χ1) is 16.1. The number of piperidine rings is 1. The molecular formula is C27H32N2O4. The summed E-state index contributed by atoms with van der Waals surface area (Å²) in [5, 5.41) is 11.8. The highest BCUT2D eigenvalue weighted by atomic mass is 16.5. The van der Waals surface area contributed by atoms with Crippen LogP contribution in [-0.4, -0.2) is 60.3 Å². The third-order valence-corrected chi connectivity index (χ3v) is 6.23. The van der Waals surface area contributed by atoms with E-state index >= 15 is 0 Å². The number of methoxy groups -OCH3 is 2. The molecule has 1 unspecified atom stereocenters. The molecule has 0 amide bonds. The Balaban J connectivity index is 1.52. The number of para-hydroxylation sites is 1. The Hall–Kier alpha value is -3.09. The van der Waals surface area contributed by atoms with E-state index in [1.54, 1.807) is 38.5 Å². The maximum Gasteiger partial charge on any atom is 0.185 e. The molecule has 6 heteroatoms. The lowest BCUT2D eigenvalue weighted by Crippen LogP contribution is -2.37. The standard InChI is InChI=1S/C27H32N2O4/c1-32-26-13-11-20(16-27(26)33-2)25(31)12-10-21-17-29(24-9-5-4-8-23(21)24)19-22(30)18-28-14-6-3-7-15-28/h4-5,8-13,16-17,22,30H,3,6-7,14-15,18-19H2,1-2H3/b12-10+. The average molecular weight is 449 g/mol. The number of rotatable bonds is 9.